The molecule has 0 saturated carbocycles. The Morgan fingerprint density at radius 2 is 2.00 bits per heavy atom. The van der Waals surface area contributed by atoms with Crippen LogP contribution in [-0.2, 0) is 23.2 Å². The van der Waals surface area contributed by atoms with Crippen molar-refractivity contribution in [3.8, 4) is 0 Å². The molecule has 1 aromatic heterocycles. The summed E-state index contributed by atoms with van der Waals surface area (Å²) in [5.41, 5.74) is -1.10. The van der Waals surface area contributed by atoms with Crippen LogP contribution in [0.4, 0.5) is 0 Å². The highest BCUT2D eigenvalue weighted by Gasteiger charge is 2.25. The fourth-order valence-electron chi connectivity index (χ4n) is 1.79. The monoisotopic (exact) mass is 297 g/mol. The van der Waals surface area contributed by atoms with Gasteiger partial charge in [-0.2, -0.15) is 0 Å². The lowest BCUT2D eigenvalue weighted by atomic mass is 9.99. The fourth-order valence-corrected chi connectivity index (χ4v) is 1.79. The first kappa shape index (κ1) is 16.7. The molecule has 0 aliphatic carbocycles. The normalized spacial score (nSPS) is 13.5. The summed E-state index contributed by atoms with van der Waals surface area (Å²) in [7, 11) is 1.30. The molecule has 1 aromatic rings. The van der Waals surface area contributed by atoms with Gasteiger partial charge in [0.05, 0.1) is 0 Å². The maximum absolute atomic E-state index is 11.9. The number of hydrogen-bond donors (Lipinski definition) is 2. The molecule has 0 aliphatic heterocycles. The van der Waals surface area contributed by atoms with Crippen molar-refractivity contribution in [2.24, 2.45) is 13.0 Å². The molecule has 8 heteroatoms. The van der Waals surface area contributed by atoms with Gasteiger partial charge in [-0.1, -0.05) is 20.3 Å². The minimum atomic E-state index is -1.12. The number of hydrogen-bond acceptors (Lipinski definition) is 4. The molecule has 0 radical (unpaired) electrons. The van der Waals surface area contributed by atoms with Crippen LogP contribution >= 0.6 is 0 Å². The van der Waals surface area contributed by atoms with Crippen LogP contribution < -0.4 is 16.6 Å². The molecule has 21 heavy (non-hydrogen) atoms. The second-order valence-electron chi connectivity index (χ2n) is 4.89. The van der Waals surface area contributed by atoms with Crippen LogP contribution in [0.1, 0.15) is 20.3 Å². The molecular formula is C13H19N3O5. The first-order valence-corrected chi connectivity index (χ1v) is 6.56. The third-order valence-electron chi connectivity index (χ3n) is 3.37. The molecule has 0 spiro atoms. The Labute approximate surface area is 121 Å². The zero-order valence-electron chi connectivity index (χ0n) is 12.2. The van der Waals surface area contributed by atoms with Crippen molar-refractivity contribution in [3.05, 3.63) is 33.1 Å². The van der Waals surface area contributed by atoms with Crippen molar-refractivity contribution in [1.82, 2.24) is 14.5 Å². The van der Waals surface area contributed by atoms with Gasteiger partial charge < -0.3 is 10.4 Å². The molecule has 1 amide bonds. The van der Waals surface area contributed by atoms with E-state index in [1.54, 1.807) is 6.92 Å². The Hall–Kier alpha value is -2.38. The number of nitrogens with one attached hydrogen (secondary N) is 1. The minimum Gasteiger partial charge on any atom is -0.480 e. The second-order valence-corrected chi connectivity index (χ2v) is 4.89. The lowest BCUT2D eigenvalue weighted by molar-refractivity contribution is -0.143. The van der Waals surface area contributed by atoms with Gasteiger partial charge in [0.25, 0.3) is 5.56 Å². The summed E-state index contributed by atoms with van der Waals surface area (Å²) in [6.45, 7) is 3.20. The molecule has 2 atom stereocenters. The Kier molecular flexibility index (Phi) is 5.45. The van der Waals surface area contributed by atoms with Crippen LogP contribution in [0.3, 0.4) is 0 Å². The van der Waals surface area contributed by atoms with E-state index in [1.807, 2.05) is 6.92 Å². The highest BCUT2D eigenvalue weighted by Crippen LogP contribution is 2.07. The average molecular weight is 297 g/mol. The number of carboxylic acids is 1. The van der Waals surface area contributed by atoms with E-state index >= 15 is 0 Å². The number of rotatable bonds is 6. The van der Waals surface area contributed by atoms with E-state index in [4.69, 9.17) is 5.11 Å². The van der Waals surface area contributed by atoms with E-state index in [1.165, 1.54) is 13.2 Å². The summed E-state index contributed by atoms with van der Waals surface area (Å²) in [6, 6.07) is 0.156. The van der Waals surface area contributed by atoms with Gasteiger partial charge in [0.15, 0.2) is 0 Å². The van der Waals surface area contributed by atoms with Crippen molar-refractivity contribution in [3.63, 3.8) is 0 Å². The van der Waals surface area contributed by atoms with Gasteiger partial charge in [-0.3, -0.25) is 18.7 Å². The fraction of sp³-hybridized carbons (Fsp3) is 0.538. The van der Waals surface area contributed by atoms with E-state index in [-0.39, 0.29) is 12.5 Å². The zero-order chi connectivity index (χ0) is 16.2. The minimum absolute atomic E-state index is 0.233. The standard InChI is InChI=1S/C13H19N3O5/c1-4-8(2)11(12(19)20)14-9(17)7-16-6-5-10(18)15(3)13(16)21/h5-6,8,11H,4,7H2,1-3H3,(H,14,17)(H,19,20)/t8?,11-/m0/s1. The third kappa shape index (κ3) is 4.04. The van der Waals surface area contributed by atoms with Crippen LogP contribution in [0.15, 0.2) is 21.9 Å². The average Bonchev–Trinajstić information content (AvgIpc) is 2.44. The summed E-state index contributed by atoms with van der Waals surface area (Å²) in [5.74, 6) is -1.95. The van der Waals surface area contributed by atoms with Crippen LogP contribution in [0.2, 0.25) is 0 Å². The largest absolute Gasteiger partial charge is 0.480 e. The SMILES string of the molecule is CCC(C)[C@H](NC(=O)Cn1ccc(=O)n(C)c1=O)C(=O)O. The summed E-state index contributed by atoms with van der Waals surface area (Å²) < 4.78 is 1.92. The summed E-state index contributed by atoms with van der Waals surface area (Å²) >= 11 is 0. The second kappa shape index (κ2) is 6.87. The lowest BCUT2D eigenvalue weighted by Gasteiger charge is -2.20. The van der Waals surface area contributed by atoms with Crippen LogP contribution in [0.5, 0.6) is 0 Å². The molecule has 2 N–H and O–H groups in total. The van der Waals surface area contributed by atoms with Crippen molar-refractivity contribution in [2.45, 2.75) is 32.9 Å². The number of carbonyl (C=O) groups is 2. The molecule has 1 unspecified atom stereocenters. The van der Waals surface area contributed by atoms with E-state index in [9.17, 15) is 19.2 Å². The predicted molar refractivity (Wildman–Crippen MR) is 75.0 cm³/mol. The number of carbonyl (C=O) groups excluding carboxylic acids is 1. The van der Waals surface area contributed by atoms with Gasteiger partial charge in [0.2, 0.25) is 5.91 Å². The van der Waals surface area contributed by atoms with Crippen molar-refractivity contribution in [2.75, 3.05) is 0 Å². The molecule has 0 aromatic carbocycles. The number of amides is 1. The van der Waals surface area contributed by atoms with Crippen LogP contribution in [0, 0.1) is 5.92 Å². The number of nitrogens with zero attached hydrogens (tertiary/aromatic N) is 2. The molecule has 116 valence electrons. The van der Waals surface area contributed by atoms with Crippen molar-refractivity contribution < 1.29 is 14.7 Å². The molecule has 1 heterocycles. The quantitative estimate of drug-likeness (QED) is 0.711. The van der Waals surface area contributed by atoms with Gasteiger partial charge in [-0.05, 0) is 5.92 Å². The number of aromatic nitrogens is 2. The summed E-state index contributed by atoms with van der Waals surface area (Å²) in [5, 5.41) is 11.5. The highest BCUT2D eigenvalue weighted by molar-refractivity contribution is 5.83. The third-order valence-corrected chi connectivity index (χ3v) is 3.37. The van der Waals surface area contributed by atoms with Gasteiger partial charge in [-0.25, -0.2) is 9.59 Å². The Morgan fingerprint density at radius 1 is 1.38 bits per heavy atom. The highest BCUT2D eigenvalue weighted by atomic mass is 16.4. The zero-order valence-corrected chi connectivity index (χ0v) is 12.2. The molecule has 0 saturated heterocycles. The lowest BCUT2D eigenvalue weighted by Crippen LogP contribution is -2.47. The Balaban J connectivity index is 2.87. The van der Waals surface area contributed by atoms with E-state index < -0.39 is 29.2 Å². The van der Waals surface area contributed by atoms with E-state index in [2.05, 4.69) is 5.32 Å². The van der Waals surface area contributed by atoms with Gasteiger partial charge in [0.1, 0.15) is 12.6 Å². The molecular weight excluding hydrogens is 278 g/mol. The number of carboxylic acid groups (broad SMARTS) is 1. The molecule has 0 aliphatic rings. The maximum Gasteiger partial charge on any atom is 0.331 e. The molecule has 1 rings (SSSR count). The van der Waals surface area contributed by atoms with Crippen molar-refractivity contribution in [1.29, 1.82) is 0 Å². The summed E-state index contributed by atoms with van der Waals surface area (Å²) in [6.07, 6.45) is 1.81. The Morgan fingerprint density at radius 3 is 2.52 bits per heavy atom. The van der Waals surface area contributed by atoms with Gasteiger partial charge >= 0.3 is 11.7 Å². The van der Waals surface area contributed by atoms with Gasteiger partial charge in [0, 0.05) is 19.3 Å². The van der Waals surface area contributed by atoms with Crippen LogP contribution in [0.25, 0.3) is 0 Å². The maximum atomic E-state index is 11.9. The first-order valence-electron chi connectivity index (χ1n) is 6.56. The smallest absolute Gasteiger partial charge is 0.331 e. The summed E-state index contributed by atoms with van der Waals surface area (Å²) in [4.78, 5) is 46.0. The van der Waals surface area contributed by atoms with Crippen LogP contribution in [-0.4, -0.2) is 32.2 Å². The van der Waals surface area contributed by atoms with Gasteiger partial charge in [-0.15, -0.1) is 0 Å². The number of aliphatic carboxylic acids is 1. The molecule has 0 bridgehead atoms. The van der Waals surface area contributed by atoms with E-state index in [0.29, 0.717) is 6.42 Å². The first-order chi connectivity index (χ1) is 9.77. The molecule has 8 nitrogen and oxygen atoms in total. The van der Waals surface area contributed by atoms with Crippen molar-refractivity contribution >= 4 is 11.9 Å². The topological polar surface area (TPSA) is 110 Å². The Bertz CT molecular complexity index is 646. The predicted octanol–water partition coefficient (Wildman–Crippen LogP) is -0.837. The van der Waals surface area contributed by atoms with E-state index in [0.717, 1.165) is 15.2 Å². The molecule has 0 fully saturated rings.